The molecule has 0 atom stereocenters. The van der Waals surface area contributed by atoms with Crippen molar-refractivity contribution in [3.05, 3.63) is 0 Å². The minimum absolute atomic E-state index is 0.468. The molecule has 2 heteroatoms. The van der Waals surface area contributed by atoms with Crippen molar-refractivity contribution in [3.63, 3.8) is 0 Å². The fourth-order valence-corrected chi connectivity index (χ4v) is 3.67. The number of hydrogen-bond donors (Lipinski definition) is 1. The largest absolute Gasteiger partial charge is 0.316 e. The fraction of sp³-hybridized carbons (Fsp3) is 1.00. The quantitative estimate of drug-likeness (QED) is 0.496. The summed E-state index contributed by atoms with van der Waals surface area (Å²) in [5.41, 5.74) is 0.468. The minimum atomic E-state index is 0.468. The second kappa shape index (κ2) is 9.78. The Bertz CT molecular complexity index is 228. The second-order valence-corrected chi connectivity index (χ2v) is 6.94. The predicted octanol–water partition coefficient (Wildman–Crippen LogP) is 4.45. The SMILES string of the molecule is CCCNCC(CC)(CC)CN(C)C1CCCCCC1. The minimum Gasteiger partial charge on any atom is -0.316 e. The first-order chi connectivity index (χ1) is 9.67. The highest BCUT2D eigenvalue weighted by Crippen LogP contribution is 2.29. The Morgan fingerprint density at radius 2 is 1.60 bits per heavy atom. The predicted molar refractivity (Wildman–Crippen MR) is 90.3 cm³/mol. The third kappa shape index (κ3) is 5.73. The van der Waals surface area contributed by atoms with Crippen LogP contribution in [0.25, 0.3) is 0 Å². The van der Waals surface area contributed by atoms with Crippen LogP contribution in [0.4, 0.5) is 0 Å². The van der Waals surface area contributed by atoms with Gasteiger partial charge in [-0.05, 0) is 51.1 Å². The van der Waals surface area contributed by atoms with E-state index in [4.69, 9.17) is 0 Å². The van der Waals surface area contributed by atoms with Gasteiger partial charge in [-0.1, -0.05) is 46.5 Å². The van der Waals surface area contributed by atoms with Gasteiger partial charge in [0, 0.05) is 19.1 Å². The van der Waals surface area contributed by atoms with E-state index in [1.165, 1.54) is 70.9 Å². The Morgan fingerprint density at radius 1 is 1.00 bits per heavy atom. The zero-order valence-electron chi connectivity index (χ0n) is 14.5. The zero-order valence-corrected chi connectivity index (χ0v) is 14.5. The lowest BCUT2D eigenvalue weighted by Gasteiger charge is -2.39. The van der Waals surface area contributed by atoms with Gasteiger partial charge in [-0.2, -0.15) is 0 Å². The number of rotatable bonds is 9. The summed E-state index contributed by atoms with van der Waals surface area (Å²) in [5, 5.41) is 3.67. The standard InChI is InChI=1S/C18H38N2/c1-5-14-19-15-18(6-2,7-3)16-20(4)17-12-10-8-9-11-13-17/h17,19H,5-16H2,1-4H3. The van der Waals surface area contributed by atoms with Crippen LogP contribution < -0.4 is 5.32 Å². The molecule has 1 aliphatic rings. The topological polar surface area (TPSA) is 15.3 Å². The molecule has 2 nitrogen and oxygen atoms in total. The van der Waals surface area contributed by atoms with E-state index in [0.717, 1.165) is 12.6 Å². The molecule has 0 aliphatic heterocycles. The van der Waals surface area contributed by atoms with E-state index >= 15 is 0 Å². The first-order valence-electron chi connectivity index (χ1n) is 9.08. The van der Waals surface area contributed by atoms with Gasteiger partial charge >= 0.3 is 0 Å². The lowest BCUT2D eigenvalue weighted by atomic mass is 9.81. The summed E-state index contributed by atoms with van der Waals surface area (Å²) in [5.74, 6) is 0. The average molecular weight is 283 g/mol. The molecule has 1 rings (SSSR count). The van der Waals surface area contributed by atoms with Crippen molar-refractivity contribution in [1.82, 2.24) is 10.2 Å². The Labute approximate surface area is 127 Å². The van der Waals surface area contributed by atoms with E-state index in [1.807, 2.05) is 0 Å². The van der Waals surface area contributed by atoms with E-state index in [-0.39, 0.29) is 0 Å². The normalized spacial score (nSPS) is 18.4. The van der Waals surface area contributed by atoms with Crippen molar-refractivity contribution in [2.24, 2.45) is 5.41 Å². The molecule has 0 unspecified atom stereocenters. The van der Waals surface area contributed by atoms with E-state index in [9.17, 15) is 0 Å². The Morgan fingerprint density at radius 3 is 2.10 bits per heavy atom. The molecule has 0 radical (unpaired) electrons. The molecule has 0 aromatic carbocycles. The summed E-state index contributed by atoms with van der Waals surface area (Å²) in [6.45, 7) is 10.6. The lowest BCUT2D eigenvalue weighted by molar-refractivity contribution is 0.114. The van der Waals surface area contributed by atoms with Crippen molar-refractivity contribution in [3.8, 4) is 0 Å². The maximum absolute atomic E-state index is 3.67. The van der Waals surface area contributed by atoms with Crippen LogP contribution in [0, 0.1) is 5.41 Å². The third-order valence-corrected chi connectivity index (χ3v) is 5.46. The van der Waals surface area contributed by atoms with Crippen LogP contribution in [0.5, 0.6) is 0 Å². The number of nitrogens with zero attached hydrogens (tertiary/aromatic N) is 1. The highest BCUT2D eigenvalue weighted by Gasteiger charge is 2.29. The summed E-state index contributed by atoms with van der Waals surface area (Å²) in [4.78, 5) is 2.69. The Hall–Kier alpha value is -0.0800. The molecule has 20 heavy (non-hydrogen) atoms. The maximum Gasteiger partial charge on any atom is 0.00924 e. The highest BCUT2D eigenvalue weighted by molar-refractivity contribution is 4.85. The zero-order chi connectivity index (χ0) is 14.8. The Kier molecular flexibility index (Phi) is 8.79. The monoisotopic (exact) mass is 282 g/mol. The van der Waals surface area contributed by atoms with Gasteiger partial charge in [0.05, 0.1) is 0 Å². The first kappa shape index (κ1) is 18.0. The second-order valence-electron chi connectivity index (χ2n) is 6.94. The van der Waals surface area contributed by atoms with Gasteiger partial charge in [0.1, 0.15) is 0 Å². The molecule has 1 fully saturated rings. The summed E-state index contributed by atoms with van der Waals surface area (Å²) >= 11 is 0. The van der Waals surface area contributed by atoms with Gasteiger partial charge in [-0.25, -0.2) is 0 Å². The van der Waals surface area contributed by atoms with Crippen molar-refractivity contribution >= 4 is 0 Å². The molecule has 0 spiro atoms. The molecular weight excluding hydrogens is 244 g/mol. The maximum atomic E-state index is 3.67. The van der Waals surface area contributed by atoms with Gasteiger partial charge < -0.3 is 10.2 Å². The van der Waals surface area contributed by atoms with Gasteiger partial charge in [0.25, 0.3) is 0 Å². The molecule has 0 amide bonds. The highest BCUT2D eigenvalue weighted by atomic mass is 15.1. The Balaban J connectivity index is 2.53. The molecule has 0 bridgehead atoms. The third-order valence-electron chi connectivity index (χ3n) is 5.46. The molecule has 0 heterocycles. The average Bonchev–Trinajstić information content (AvgIpc) is 2.75. The molecule has 0 saturated heterocycles. The van der Waals surface area contributed by atoms with Crippen molar-refractivity contribution < 1.29 is 0 Å². The van der Waals surface area contributed by atoms with E-state index in [2.05, 4.69) is 38.0 Å². The van der Waals surface area contributed by atoms with Crippen LogP contribution >= 0.6 is 0 Å². The molecule has 0 aromatic rings. The van der Waals surface area contributed by atoms with Crippen LogP contribution in [0.3, 0.4) is 0 Å². The van der Waals surface area contributed by atoms with Gasteiger partial charge in [0.2, 0.25) is 0 Å². The molecule has 120 valence electrons. The lowest BCUT2D eigenvalue weighted by Crippen LogP contribution is -2.45. The molecule has 0 aromatic heterocycles. The summed E-state index contributed by atoms with van der Waals surface area (Å²) in [6.07, 6.45) is 12.4. The molecular formula is C18H38N2. The van der Waals surface area contributed by atoms with Gasteiger partial charge in [-0.15, -0.1) is 0 Å². The van der Waals surface area contributed by atoms with Crippen LogP contribution in [0.2, 0.25) is 0 Å². The van der Waals surface area contributed by atoms with Gasteiger partial charge in [-0.3, -0.25) is 0 Å². The van der Waals surface area contributed by atoms with Crippen LogP contribution in [-0.2, 0) is 0 Å². The number of hydrogen-bond acceptors (Lipinski definition) is 2. The summed E-state index contributed by atoms with van der Waals surface area (Å²) in [7, 11) is 2.37. The molecule has 1 aliphatic carbocycles. The van der Waals surface area contributed by atoms with E-state index < -0.39 is 0 Å². The van der Waals surface area contributed by atoms with E-state index in [1.54, 1.807) is 0 Å². The fourth-order valence-electron chi connectivity index (χ4n) is 3.67. The van der Waals surface area contributed by atoms with Crippen molar-refractivity contribution in [1.29, 1.82) is 0 Å². The summed E-state index contributed by atoms with van der Waals surface area (Å²) in [6, 6.07) is 0.834. The number of nitrogens with one attached hydrogen (secondary N) is 1. The first-order valence-corrected chi connectivity index (χ1v) is 9.08. The van der Waals surface area contributed by atoms with E-state index in [0.29, 0.717) is 5.41 Å². The molecule has 1 N–H and O–H groups in total. The molecule has 1 saturated carbocycles. The van der Waals surface area contributed by atoms with Crippen LogP contribution in [-0.4, -0.2) is 37.6 Å². The van der Waals surface area contributed by atoms with Crippen LogP contribution in [0.15, 0.2) is 0 Å². The van der Waals surface area contributed by atoms with Crippen molar-refractivity contribution in [2.75, 3.05) is 26.7 Å². The van der Waals surface area contributed by atoms with Gasteiger partial charge in [0.15, 0.2) is 0 Å². The van der Waals surface area contributed by atoms with Crippen LogP contribution in [0.1, 0.15) is 78.6 Å². The summed E-state index contributed by atoms with van der Waals surface area (Å²) < 4.78 is 0. The van der Waals surface area contributed by atoms with Crippen molar-refractivity contribution in [2.45, 2.75) is 84.6 Å². The smallest absolute Gasteiger partial charge is 0.00924 e.